The highest BCUT2D eigenvalue weighted by Crippen LogP contribution is 2.31. The van der Waals surface area contributed by atoms with Gasteiger partial charge >= 0.3 is 0 Å². The number of fused-ring (bicyclic) bond motifs is 1. The lowest BCUT2D eigenvalue weighted by molar-refractivity contribution is 0.130. The lowest BCUT2D eigenvalue weighted by Crippen LogP contribution is -2.24. The number of halogens is 2. The molecule has 1 aromatic carbocycles. The summed E-state index contributed by atoms with van der Waals surface area (Å²) in [6.07, 6.45) is -0.556. The molecule has 3 aromatic rings. The lowest BCUT2D eigenvalue weighted by atomic mass is 10.2. The van der Waals surface area contributed by atoms with Gasteiger partial charge in [-0.15, -0.1) is 0 Å². The van der Waals surface area contributed by atoms with Gasteiger partial charge in [0.1, 0.15) is 0 Å². The first-order valence-electron chi connectivity index (χ1n) is 7.92. The van der Waals surface area contributed by atoms with Gasteiger partial charge in [-0.05, 0) is 55.3 Å². The van der Waals surface area contributed by atoms with Crippen LogP contribution in [0.4, 0.5) is 0 Å². The molecule has 0 aliphatic heterocycles. The summed E-state index contributed by atoms with van der Waals surface area (Å²) < 4.78 is 4.95. The maximum Gasteiger partial charge on any atom is 0.0914 e. The first-order valence-corrected chi connectivity index (χ1v) is 9.09. The number of hydrogen-bond donors (Lipinski definition) is 1. The second-order valence-corrected chi connectivity index (χ2v) is 7.48. The zero-order valence-electron chi connectivity index (χ0n) is 14.3. The Labute approximate surface area is 155 Å². The van der Waals surface area contributed by atoms with E-state index >= 15 is 0 Å². The van der Waals surface area contributed by atoms with Crippen molar-refractivity contribution in [2.24, 2.45) is 0 Å². The number of nitrogens with zero attached hydrogens (tertiary/aromatic N) is 3. The van der Waals surface area contributed by atoms with E-state index in [0.29, 0.717) is 18.1 Å². The molecule has 0 fully saturated rings. The van der Waals surface area contributed by atoms with Gasteiger partial charge < -0.3 is 9.67 Å². The molecule has 0 radical (unpaired) electrons. The van der Waals surface area contributed by atoms with Gasteiger partial charge in [0.05, 0.1) is 39.9 Å². The number of rotatable bonds is 4. The highest BCUT2D eigenvalue weighted by molar-refractivity contribution is 9.10. The molecule has 4 nitrogen and oxygen atoms in total. The Balaban J connectivity index is 1.92. The number of aromatic nitrogens is 3. The quantitative estimate of drug-likeness (QED) is 0.686. The van der Waals surface area contributed by atoms with Crippen LogP contribution in [0, 0.1) is 27.7 Å². The molecule has 24 heavy (non-hydrogen) atoms. The molecule has 1 atom stereocenters. The van der Waals surface area contributed by atoms with Gasteiger partial charge in [0.15, 0.2) is 0 Å². The average Bonchev–Trinajstić information content (AvgIpc) is 2.92. The summed E-state index contributed by atoms with van der Waals surface area (Å²) in [5.41, 5.74) is 5.28. The molecular weight excluding hydrogens is 390 g/mol. The SMILES string of the molecule is Cc1nn(C[C@@H](O)Cn2c(C)c(C)c3cccc(Cl)c32)c(C)c1Br. The molecular formula is C18H21BrClN3O. The van der Waals surface area contributed by atoms with E-state index in [1.807, 2.05) is 30.7 Å². The van der Waals surface area contributed by atoms with Crippen LogP contribution in [0.2, 0.25) is 5.02 Å². The van der Waals surface area contributed by atoms with Gasteiger partial charge in [-0.1, -0.05) is 23.7 Å². The summed E-state index contributed by atoms with van der Waals surface area (Å²) in [5.74, 6) is 0. The Hall–Kier alpha value is -1.30. The Bertz CT molecular complexity index is 913. The molecule has 0 amide bonds. The standard InChI is InChI=1S/C18H21BrClN3O/c1-10-12(3)22(18-15(10)6-5-7-16(18)20)8-14(24)9-23-13(4)17(19)11(2)21-23/h5-7,14,24H,8-9H2,1-4H3/t14-/m0/s1. The molecule has 0 spiro atoms. The fourth-order valence-corrected chi connectivity index (χ4v) is 3.77. The highest BCUT2D eigenvalue weighted by atomic mass is 79.9. The van der Waals surface area contributed by atoms with Gasteiger partial charge in [0, 0.05) is 16.8 Å². The molecule has 1 N–H and O–H groups in total. The van der Waals surface area contributed by atoms with Crippen molar-refractivity contribution in [3.63, 3.8) is 0 Å². The molecule has 0 bridgehead atoms. The predicted molar refractivity (Wildman–Crippen MR) is 102 cm³/mol. The van der Waals surface area contributed by atoms with Gasteiger partial charge in [0.25, 0.3) is 0 Å². The summed E-state index contributed by atoms with van der Waals surface area (Å²) in [5, 5.41) is 17.0. The first kappa shape index (κ1) is 17.5. The fourth-order valence-electron chi connectivity index (χ4n) is 3.21. The van der Waals surface area contributed by atoms with Crippen LogP contribution >= 0.6 is 27.5 Å². The minimum Gasteiger partial charge on any atom is -0.389 e. The fraction of sp³-hybridized carbons (Fsp3) is 0.389. The molecule has 2 heterocycles. The topological polar surface area (TPSA) is 43.0 Å². The largest absolute Gasteiger partial charge is 0.389 e. The zero-order valence-corrected chi connectivity index (χ0v) is 16.6. The second-order valence-electron chi connectivity index (χ2n) is 6.28. The van der Waals surface area contributed by atoms with Gasteiger partial charge in [0.2, 0.25) is 0 Å². The first-order chi connectivity index (χ1) is 11.3. The van der Waals surface area contributed by atoms with Crippen molar-refractivity contribution in [2.75, 3.05) is 0 Å². The molecule has 2 aromatic heterocycles. The molecule has 3 rings (SSSR count). The maximum atomic E-state index is 10.6. The number of hydrogen-bond acceptors (Lipinski definition) is 2. The van der Waals surface area contributed by atoms with E-state index in [-0.39, 0.29) is 0 Å². The van der Waals surface area contributed by atoms with Crippen molar-refractivity contribution in [1.82, 2.24) is 14.3 Å². The summed E-state index contributed by atoms with van der Waals surface area (Å²) in [6.45, 7) is 9.03. The Morgan fingerprint density at radius 1 is 1.17 bits per heavy atom. The summed E-state index contributed by atoms with van der Waals surface area (Å²) >= 11 is 9.94. The van der Waals surface area contributed by atoms with Crippen molar-refractivity contribution in [2.45, 2.75) is 46.9 Å². The molecule has 0 aliphatic carbocycles. The predicted octanol–water partition coefficient (Wildman–Crippen LogP) is 4.55. The maximum absolute atomic E-state index is 10.6. The van der Waals surface area contributed by atoms with Crippen molar-refractivity contribution < 1.29 is 5.11 Å². The van der Waals surface area contributed by atoms with Crippen LogP contribution in [0.5, 0.6) is 0 Å². The molecule has 0 unspecified atom stereocenters. The highest BCUT2D eigenvalue weighted by Gasteiger charge is 2.18. The number of aryl methyl sites for hydroxylation is 2. The molecule has 0 saturated carbocycles. The van der Waals surface area contributed by atoms with E-state index in [1.54, 1.807) is 0 Å². The lowest BCUT2D eigenvalue weighted by Gasteiger charge is -2.16. The van der Waals surface area contributed by atoms with E-state index in [4.69, 9.17) is 11.6 Å². The van der Waals surface area contributed by atoms with E-state index in [0.717, 1.165) is 32.5 Å². The third-order valence-corrected chi connectivity index (χ3v) is 6.13. The number of aliphatic hydroxyl groups is 1. The zero-order chi connectivity index (χ0) is 17.6. The van der Waals surface area contributed by atoms with Crippen LogP contribution in [0.15, 0.2) is 22.7 Å². The van der Waals surface area contributed by atoms with Crippen molar-refractivity contribution >= 4 is 38.4 Å². The van der Waals surface area contributed by atoms with Crippen LogP contribution in [-0.2, 0) is 13.1 Å². The summed E-state index contributed by atoms with van der Waals surface area (Å²) in [4.78, 5) is 0. The third-order valence-electron chi connectivity index (χ3n) is 4.68. The van der Waals surface area contributed by atoms with Crippen molar-refractivity contribution in [3.8, 4) is 0 Å². The van der Waals surface area contributed by atoms with E-state index in [9.17, 15) is 5.11 Å². The van der Waals surface area contributed by atoms with E-state index in [2.05, 4.69) is 45.5 Å². The van der Waals surface area contributed by atoms with Crippen molar-refractivity contribution in [1.29, 1.82) is 0 Å². The van der Waals surface area contributed by atoms with Crippen LogP contribution in [0.1, 0.15) is 22.6 Å². The van der Waals surface area contributed by atoms with Gasteiger partial charge in [-0.3, -0.25) is 4.68 Å². The minimum absolute atomic E-state index is 0.445. The average molecular weight is 411 g/mol. The van der Waals surface area contributed by atoms with Gasteiger partial charge in [-0.25, -0.2) is 0 Å². The third kappa shape index (κ3) is 2.89. The Morgan fingerprint density at radius 3 is 2.50 bits per heavy atom. The summed E-state index contributed by atoms with van der Waals surface area (Å²) in [6, 6.07) is 5.93. The van der Waals surface area contributed by atoms with Crippen LogP contribution in [-0.4, -0.2) is 25.6 Å². The Morgan fingerprint density at radius 2 is 1.88 bits per heavy atom. The van der Waals surface area contributed by atoms with Crippen LogP contribution in [0.3, 0.4) is 0 Å². The van der Waals surface area contributed by atoms with Crippen molar-refractivity contribution in [3.05, 3.63) is 50.3 Å². The van der Waals surface area contributed by atoms with Crippen LogP contribution in [0.25, 0.3) is 10.9 Å². The number of aliphatic hydroxyl groups excluding tert-OH is 1. The Kier molecular flexibility index (Phi) is 4.78. The normalized spacial score (nSPS) is 13.0. The second kappa shape index (κ2) is 6.54. The molecule has 6 heteroatoms. The monoisotopic (exact) mass is 409 g/mol. The molecule has 0 aliphatic rings. The van der Waals surface area contributed by atoms with Crippen LogP contribution < -0.4 is 0 Å². The minimum atomic E-state index is -0.556. The number of para-hydroxylation sites is 1. The smallest absolute Gasteiger partial charge is 0.0914 e. The number of benzene rings is 1. The van der Waals surface area contributed by atoms with Gasteiger partial charge in [-0.2, -0.15) is 5.10 Å². The van der Waals surface area contributed by atoms with E-state index < -0.39 is 6.10 Å². The summed E-state index contributed by atoms with van der Waals surface area (Å²) in [7, 11) is 0. The molecule has 128 valence electrons. The van der Waals surface area contributed by atoms with E-state index in [1.165, 1.54) is 5.56 Å². The molecule has 0 saturated heterocycles.